The molecule has 0 saturated heterocycles. The summed E-state index contributed by atoms with van der Waals surface area (Å²) in [5, 5.41) is -1.42. The Morgan fingerprint density at radius 1 is 0.407 bits per heavy atom. The van der Waals surface area contributed by atoms with Gasteiger partial charge in [0, 0.05) is 27.1 Å². The largest absolute Gasteiger partial charge is 0.278 e. The van der Waals surface area contributed by atoms with Crippen molar-refractivity contribution >= 4 is 43.6 Å². The second-order valence-electron chi connectivity index (χ2n) is 13.9. The van der Waals surface area contributed by atoms with Crippen LogP contribution in [0.3, 0.4) is 0 Å². The minimum absolute atomic E-state index is 0.191. The minimum Gasteiger partial charge on any atom is -0.278 e. The first-order valence-corrected chi connectivity index (χ1v) is 18.6. The topological polar surface area (TPSA) is 48.5 Å². The lowest BCUT2D eigenvalue weighted by Crippen LogP contribution is -2.10. The SMILES string of the molecule is [2H]c1c([2H])c([2H])c(-c2c([2H])c([2H])c3c4c([2H])c([2H])c([2H])c([2H])c4n(-c4nc(-c5ccc(-c6ccccc6-c6ccccc6C(C)C)cc5)nc(-n5c6c([2H])c([2H])c([2H])c([2H])c6c6c([2H])c([2H])c([2H])c([2H])c65)n4)c3c2[2H])c([2H])c1[2H]. The number of benzene rings is 8. The molecule has 3 aromatic heterocycles. The Balaban J connectivity index is 1.31. The molecule has 3 heterocycles. The highest BCUT2D eigenvalue weighted by molar-refractivity contribution is 6.10. The van der Waals surface area contributed by atoms with Gasteiger partial charge in [0.2, 0.25) is 11.9 Å². The van der Waals surface area contributed by atoms with E-state index < -0.39 is 160 Å². The van der Waals surface area contributed by atoms with E-state index in [-0.39, 0.29) is 44.5 Å². The van der Waals surface area contributed by atoms with Crippen molar-refractivity contribution in [3.8, 4) is 56.7 Å². The fraction of sp³-hybridized carbons (Fsp3) is 0.0556. The number of para-hydroxylation sites is 3. The van der Waals surface area contributed by atoms with Gasteiger partial charge in [-0.15, -0.1) is 0 Å². The summed E-state index contributed by atoms with van der Waals surface area (Å²) >= 11 is 0. The van der Waals surface area contributed by atoms with Crippen molar-refractivity contribution in [1.82, 2.24) is 24.1 Å². The number of aromatic nitrogens is 5. The molecule has 8 aromatic carbocycles. The Labute approximate surface area is 370 Å². The van der Waals surface area contributed by atoms with E-state index in [0.717, 1.165) is 37.0 Å². The summed E-state index contributed by atoms with van der Waals surface area (Å²) in [7, 11) is 0. The number of hydrogen-bond acceptors (Lipinski definition) is 3. The van der Waals surface area contributed by atoms with Crippen LogP contribution >= 0.6 is 0 Å². The van der Waals surface area contributed by atoms with Gasteiger partial charge in [0.05, 0.1) is 49.5 Å². The maximum atomic E-state index is 9.89. The van der Waals surface area contributed by atoms with Crippen LogP contribution in [0.4, 0.5) is 0 Å². The molecule has 11 rings (SSSR count). The van der Waals surface area contributed by atoms with Gasteiger partial charge in [0.15, 0.2) is 5.82 Å². The Bertz CT molecular complexity index is 4420. The number of fused-ring (bicyclic) bond motifs is 6. The second-order valence-corrected chi connectivity index (χ2v) is 13.9. The van der Waals surface area contributed by atoms with Gasteiger partial charge in [-0.25, -0.2) is 0 Å². The highest BCUT2D eigenvalue weighted by atomic mass is 15.3. The predicted octanol–water partition coefficient (Wildman–Crippen LogP) is 13.9. The second kappa shape index (κ2) is 14.1. The molecule has 0 atom stereocenters. The third-order valence-corrected chi connectivity index (χ3v) is 10.2. The highest BCUT2D eigenvalue weighted by Crippen LogP contribution is 2.39. The fourth-order valence-electron chi connectivity index (χ4n) is 7.53. The summed E-state index contributed by atoms with van der Waals surface area (Å²) in [5.74, 6) is -1.17. The van der Waals surface area contributed by atoms with Crippen molar-refractivity contribution in [1.29, 1.82) is 0 Å². The van der Waals surface area contributed by atoms with Crippen LogP contribution in [0.5, 0.6) is 0 Å². The van der Waals surface area contributed by atoms with Crippen molar-refractivity contribution < 1.29 is 27.4 Å². The van der Waals surface area contributed by atoms with Gasteiger partial charge in [-0.2, -0.15) is 15.0 Å². The molecule has 0 amide bonds. The summed E-state index contributed by atoms with van der Waals surface area (Å²) in [4.78, 5) is 14.5. The molecule has 280 valence electrons. The summed E-state index contributed by atoms with van der Waals surface area (Å²) in [6.45, 7) is 4.21. The molecular formula is C54H39N5. The fourth-order valence-corrected chi connectivity index (χ4v) is 7.53. The maximum absolute atomic E-state index is 9.89. The first-order chi connectivity index (χ1) is 37.4. The monoisotopic (exact) mass is 777 g/mol. The lowest BCUT2D eigenvalue weighted by molar-refractivity contribution is 0.869. The van der Waals surface area contributed by atoms with E-state index in [4.69, 9.17) is 32.8 Å². The summed E-state index contributed by atoms with van der Waals surface area (Å²) in [6, 6.07) is 7.80. The van der Waals surface area contributed by atoms with Gasteiger partial charge < -0.3 is 0 Å². The van der Waals surface area contributed by atoms with Crippen LogP contribution in [-0.2, 0) is 0 Å². The molecule has 0 unspecified atom stereocenters. The van der Waals surface area contributed by atoms with E-state index >= 15 is 0 Å². The van der Waals surface area contributed by atoms with E-state index in [9.17, 15) is 9.60 Å². The van der Waals surface area contributed by atoms with Crippen LogP contribution in [-0.4, -0.2) is 24.1 Å². The zero-order valence-corrected chi connectivity index (χ0v) is 31.2. The van der Waals surface area contributed by atoms with Gasteiger partial charge in [0.1, 0.15) is 0 Å². The average Bonchev–Trinajstić information content (AvgIpc) is 4.24. The molecular weight excluding hydrogens is 719 g/mol. The predicted molar refractivity (Wildman–Crippen MR) is 244 cm³/mol. The minimum atomic E-state index is -0.820. The molecule has 0 saturated carbocycles. The van der Waals surface area contributed by atoms with Crippen molar-refractivity contribution in [3.63, 3.8) is 0 Å². The van der Waals surface area contributed by atoms with Gasteiger partial charge in [-0.3, -0.25) is 9.13 Å². The zero-order chi connectivity index (χ0) is 56.9. The molecule has 59 heavy (non-hydrogen) atoms. The van der Waals surface area contributed by atoms with Gasteiger partial charge in [-0.05, 0) is 69.0 Å². The van der Waals surface area contributed by atoms with E-state index in [0.29, 0.717) is 0 Å². The third-order valence-electron chi connectivity index (χ3n) is 10.2. The summed E-state index contributed by atoms with van der Waals surface area (Å²) < 4.78 is 181. The smallest absolute Gasteiger partial charge is 0.240 e. The Kier molecular flexibility index (Phi) is 4.70. The van der Waals surface area contributed by atoms with Gasteiger partial charge in [-0.1, -0.05) is 183 Å². The maximum Gasteiger partial charge on any atom is 0.240 e. The molecule has 0 fully saturated rings. The number of rotatable bonds is 7. The number of nitrogens with zero attached hydrogens (tertiary/aromatic N) is 5. The summed E-state index contributed by atoms with van der Waals surface area (Å²) in [6.07, 6.45) is 0. The molecule has 0 N–H and O–H groups in total. The quantitative estimate of drug-likeness (QED) is 0.162. The molecule has 5 nitrogen and oxygen atoms in total. The van der Waals surface area contributed by atoms with E-state index in [1.54, 1.807) is 24.3 Å². The van der Waals surface area contributed by atoms with E-state index in [2.05, 4.69) is 19.9 Å². The average molecular weight is 778 g/mol. The van der Waals surface area contributed by atoms with E-state index in [1.165, 1.54) is 0 Å². The number of hydrogen-bond donors (Lipinski definition) is 0. The molecule has 0 aliphatic rings. The molecule has 0 bridgehead atoms. The molecule has 0 spiro atoms. The molecule has 5 heteroatoms. The Hall–Kier alpha value is -7.63. The van der Waals surface area contributed by atoms with Crippen molar-refractivity contribution in [3.05, 3.63) is 199 Å². The zero-order valence-electron chi connectivity index (χ0n) is 51.2. The van der Waals surface area contributed by atoms with Crippen LogP contribution in [0.15, 0.2) is 194 Å². The van der Waals surface area contributed by atoms with Crippen LogP contribution in [0.1, 0.15) is 52.7 Å². The lowest BCUT2D eigenvalue weighted by Gasteiger charge is -2.16. The van der Waals surface area contributed by atoms with Crippen LogP contribution < -0.4 is 0 Å². The van der Waals surface area contributed by atoms with Crippen molar-refractivity contribution in [2.45, 2.75) is 19.8 Å². The van der Waals surface area contributed by atoms with E-state index in [1.807, 2.05) is 42.5 Å². The molecule has 0 radical (unpaired) electrons. The normalized spacial score (nSPS) is 16.5. The van der Waals surface area contributed by atoms with Crippen LogP contribution in [0.25, 0.3) is 100 Å². The third kappa shape index (κ3) is 5.81. The van der Waals surface area contributed by atoms with Gasteiger partial charge in [0.25, 0.3) is 0 Å². The van der Waals surface area contributed by atoms with Crippen LogP contribution in [0, 0.1) is 0 Å². The van der Waals surface area contributed by atoms with Crippen LogP contribution in [0.2, 0.25) is 0 Å². The highest BCUT2D eigenvalue weighted by Gasteiger charge is 2.21. The summed E-state index contributed by atoms with van der Waals surface area (Å²) in [5.41, 5.74) is 2.01. The molecule has 0 aliphatic heterocycles. The Morgan fingerprint density at radius 2 is 0.898 bits per heavy atom. The first-order valence-electron chi connectivity index (χ1n) is 28.6. The molecule has 11 aromatic rings. The van der Waals surface area contributed by atoms with Gasteiger partial charge >= 0.3 is 0 Å². The lowest BCUT2D eigenvalue weighted by atomic mass is 9.88. The van der Waals surface area contributed by atoms with Crippen molar-refractivity contribution in [2.75, 3.05) is 0 Å². The molecule has 0 aliphatic carbocycles. The van der Waals surface area contributed by atoms with Crippen molar-refractivity contribution in [2.24, 2.45) is 0 Å². The first kappa shape index (κ1) is 19.7. The standard InChI is InChI=1S/C54H39N5/c1-35(2)40-18-6-8-20-42(40)43-21-9-7-19-41(43)37-28-30-38(31-29-37)52-55-53(58-48-25-13-10-22-44(48)45-23-11-14-26-49(45)58)57-54(56-52)59-50-27-15-12-24-46(50)47-33-32-39(34-51(47)59)36-16-4-3-5-17-36/h3-35H,1-2H3/i3D,4D,5D,10D,11D,12D,13D,14D,15D,16D,17D,22D,23D,24D,25D,26D,27D,32D,33D,34D. The Morgan fingerprint density at radius 3 is 1.51 bits per heavy atom.